The van der Waals surface area contributed by atoms with Crippen molar-refractivity contribution in [1.82, 2.24) is 5.32 Å². The van der Waals surface area contributed by atoms with Crippen LogP contribution in [-0.2, 0) is 13.2 Å². The van der Waals surface area contributed by atoms with Crippen LogP contribution in [0.2, 0.25) is 5.02 Å². The van der Waals surface area contributed by atoms with Gasteiger partial charge in [-0.3, -0.25) is 0 Å². The van der Waals surface area contributed by atoms with Crippen molar-refractivity contribution in [2.45, 2.75) is 64.6 Å². The van der Waals surface area contributed by atoms with Gasteiger partial charge in [-0.15, -0.1) is 0 Å². The highest BCUT2D eigenvalue weighted by Gasteiger charge is 2.16. The van der Waals surface area contributed by atoms with Crippen LogP contribution < -0.4 is 14.8 Å². The SMILES string of the molecule is CCOc1cc(CNC2CCCCCC2)cc(Br)c1OCc1c(F)cccc1Cl. The van der Waals surface area contributed by atoms with Crippen LogP contribution in [0.3, 0.4) is 0 Å². The summed E-state index contributed by atoms with van der Waals surface area (Å²) in [5.74, 6) is 0.826. The molecule has 0 unspecified atom stereocenters. The first kappa shape index (κ1) is 22.4. The highest BCUT2D eigenvalue weighted by atomic mass is 79.9. The molecule has 3 rings (SSSR count). The third-order valence-corrected chi connectivity index (χ3v) is 6.18. The highest BCUT2D eigenvalue weighted by molar-refractivity contribution is 9.10. The Balaban J connectivity index is 1.72. The minimum atomic E-state index is -0.379. The Morgan fingerprint density at radius 3 is 2.59 bits per heavy atom. The van der Waals surface area contributed by atoms with Crippen molar-refractivity contribution in [3.05, 3.63) is 56.8 Å². The summed E-state index contributed by atoms with van der Waals surface area (Å²) < 4.78 is 26.6. The molecule has 0 aliphatic heterocycles. The first-order valence-corrected chi connectivity index (χ1v) is 11.5. The monoisotopic (exact) mass is 483 g/mol. The van der Waals surface area contributed by atoms with Gasteiger partial charge in [0, 0.05) is 18.2 Å². The molecular weight excluding hydrogens is 457 g/mol. The zero-order valence-electron chi connectivity index (χ0n) is 16.8. The van der Waals surface area contributed by atoms with Gasteiger partial charge in [-0.1, -0.05) is 43.4 Å². The lowest BCUT2D eigenvalue weighted by Gasteiger charge is -2.19. The lowest BCUT2D eigenvalue weighted by atomic mass is 10.1. The Morgan fingerprint density at radius 2 is 1.90 bits per heavy atom. The van der Waals surface area contributed by atoms with E-state index in [4.69, 9.17) is 21.1 Å². The van der Waals surface area contributed by atoms with Crippen LogP contribution in [0.5, 0.6) is 11.5 Å². The minimum absolute atomic E-state index is 0.0316. The lowest BCUT2D eigenvalue weighted by Crippen LogP contribution is -2.27. The van der Waals surface area contributed by atoms with Crippen LogP contribution in [-0.4, -0.2) is 12.6 Å². The van der Waals surface area contributed by atoms with E-state index in [0.717, 1.165) is 16.6 Å². The number of halogens is 3. The largest absolute Gasteiger partial charge is 0.490 e. The summed E-state index contributed by atoms with van der Waals surface area (Å²) in [7, 11) is 0. The van der Waals surface area contributed by atoms with Gasteiger partial charge in [0.2, 0.25) is 0 Å². The molecule has 1 aliphatic carbocycles. The standard InChI is InChI=1S/C23H28BrClFNO2/c1-2-28-22-13-16(14-27-17-8-5-3-4-6-9-17)12-19(24)23(22)29-15-18-20(25)10-7-11-21(18)26/h7,10-13,17,27H,2-6,8-9,14-15H2,1H3. The molecule has 0 bridgehead atoms. The predicted molar refractivity (Wildman–Crippen MR) is 119 cm³/mol. The summed E-state index contributed by atoms with van der Waals surface area (Å²) in [6.07, 6.45) is 7.77. The quantitative estimate of drug-likeness (QED) is 0.408. The van der Waals surface area contributed by atoms with Gasteiger partial charge in [-0.25, -0.2) is 4.39 Å². The maximum absolute atomic E-state index is 14.1. The number of nitrogens with one attached hydrogen (secondary N) is 1. The van der Waals surface area contributed by atoms with E-state index in [0.29, 0.717) is 34.7 Å². The number of ether oxygens (including phenoxy) is 2. The summed E-state index contributed by atoms with van der Waals surface area (Å²) in [5.41, 5.74) is 1.46. The number of rotatable bonds is 8. The van der Waals surface area contributed by atoms with Gasteiger partial charge < -0.3 is 14.8 Å². The Hall–Kier alpha value is -1.30. The predicted octanol–water partition coefficient (Wildman–Crippen LogP) is 7.03. The van der Waals surface area contributed by atoms with Crippen molar-refractivity contribution in [3.63, 3.8) is 0 Å². The molecule has 2 aromatic rings. The summed E-state index contributed by atoms with van der Waals surface area (Å²) in [5, 5.41) is 4.03. The second-order valence-electron chi connectivity index (χ2n) is 7.40. The van der Waals surface area contributed by atoms with Gasteiger partial charge in [0.05, 0.1) is 16.1 Å². The third-order valence-electron chi connectivity index (χ3n) is 5.24. The first-order valence-electron chi connectivity index (χ1n) is 10.3. The zero-order valence-corrected chi connectivity index (χ0v) is 19.1. The Labute approximate surface area is 186 Å². The maximum Gasteiger partial charge on any atom is 0.175 e. The van der Waals surface area contributed by atoms with Crippen molar-refractivity contribution < 1.29 is 13.9 Å². The molecule has 0 spiro atoms. The minimum Gasteiger partial charge on any atom is -0.490 e. The maximum atomic E-state index is 14.1. The summed E-state index contributed by atoms with van der Waals surface area (Å²) >= 11 is 9.71. The van der Waals surface area contributed by atoms with Crippen molar-refractivity contribution >= 4 is 27.5 Å². The summed E-state index contributed by atoms with van der Waals surface area (Å²) in [6.45, 7) is 3.26. The molecule has 6 heteroatoms. The molecule has 0 radical (unpaired) electrons. The average molecular weight is 485 g/mol. The molecular formula is C23H28BrClFNO2. The molecule has 0 heterocycles. The van der Waals surface area contributed by atoms with Crippen molar-refractivity contribution in [2.75, 3.05) is 6.61 Å². The lowest BCUT2D eigenvalue weighted by molar-refractivity contribution is 0.264. The molecule has 0 amide bonds. The molecule has 2 aromatic carbocycles. The van der Waals surface area contributed by atoms with E-state index in [-0.39, 0.29) is 12.4 Å². The fourth-order valence-corrected chi connectivity index (χ4v) is 4.51. The molecule has 1 aliphatic rings. The van der Waals surface area contributed by atoms with E-state index in [9.17, 15) is 4.39 Å². The molecule has 158 valence electrons. The molecule has 1 fully saturated rings. The van der Waals surface area contributed by atoms with Crippen molar-refractivity contribution in [2.24, 2.45) is 0 Å². The second-order valence-corrected chi connectivity index (χ2v) is 8.66. The Bertz CT molecular complexity index is 789. The molecule has 0 aromatic heterocycles. The van der Waals surface area contributed by atoms with Crippen LogP contribution in [0.15, 0.2) is 34.8 Å². The average Bonchev–Trinajstić information content (AvgIpc) is 2.96. The molecule has 3 nitrogen and oxygen atoms in total. The van der Waals surface area contributed by atoms with Crippen LogP contribution in [0.4, 0.5) is 4.39 Å². The molecule has 0 saturated heterocycles. The van der Waals surface area contributed by atoms with Gasteiger partial charge >= 0.3 is 0 Å². The van der Waals surface area contributed by atoms with E-state index in [1.165, 1.54) is 44.6 Å². The van der Waals surface area contributed by atoms with E-state index >= 15 is 0 Å². The Kier molecular flexibility index (Phi) is 8.64. The number of hydrogen-bond acceptors (Lipinski definition) is 3. The van der Waals surface area contributed by atoms with Crippen LogP contribution in [0.1, 0.15) is 56.6 Å². The van der Waals surface area contributed by atoms with Gasteiger partial charge in [-0.2, -0.15) is 0 Å². The van der Waals surface area contributed by atoms with Crippen molar-refractivity contribution in [3.8, 4) is 11.5 Å². The normalized spacial score (nSPS) is 15.2. The Morgan fingerprint density at radius 1 is 1.14 bits per heavy atom. The van der Waals surface area contributed by atoms with Gasteiger partial charge in [0.15, 0.2) is 11.5 Å². The fraction of sp³-hybridized carbons (Fsp3) is 0.478. The van der Waals surface area contributed by atoms with E-state index in [1.807, 2.05) is 19.1 Å². The summed E-state index contributed by atoms with van der Waals surface area (Å²) in [4.78, 5) is 0. The molecule has 0 atom stereocenters. The topological polar surface area (TPSA) is 30.5 Å². The second kappa shape index (κ2) is 11.2. The van der Waals surface area contributed by atoms with Crippen LogP contribution in [0.25, 0.3) is 0 Å². The number of benzene rings is 2. The smallest absolute Gasteiger partial charge is 0.175 e. The van der Waals surface area contributed by atoms with E-state index in [1.54, 1.807) is 12.1 Å². The van der Waals surface area contributed by atoms with Crippen LogP contribution in [0, 0.1) is 5.82 Å². The molecule has 1 saturated carbocycles. The van der Waals surface area contributed by atoms with Gasteiger partial charge in [-0.05, 0) is 65.5 Å². The zero-order chi connectivity index (χ0) is 20.6. The van der Waals surface area contributed by atoms with E-state index in [2.05, 4.69) is 21.2 Å². The van der Waals surface area contributed by atoms with Crippen LogP contribution >= 0.6 is 27.5 Å². The van der Waals surface area contributed by atoms with Gasteiger partial charge in [0.1, 0.15) is 12.4 Å². The fourth-order valence-electron chi connectivity index (χ4n) is 3.69. The number of hydrogen-bond donors (Lipinski definition) is 1. The highest BCUT2D eigenvalue weighted by Crippen LogP contribution is 2.38. The molecule has 29 heavy (non-hydrogen) atoms. The van der Waals surface area contributed by atoms with E-state index < -0.39 is 0 Å². The molecule has 1 N–H and O–H groups in total. The van der Waals surface area contributed by atoms with Gasteiger partial charge in [0.25, 0.3) is 0 Å². The summed E-state index contributed by atoms with van der Waals surface area (Å²) in [6, 6.07) is 9.22. The first-order chi connectivity index (χ1) is 14.1. The third kappa shape index (κ3) is 6.34. The van der Waals surface area contributed by atoms with Crippen molar-refractivity contribution in [1.29, 1.82) is 0 Å².